The van der Waals surface area contributed by atoms with Crippen LogP contribution in [0, 0.1) is 5.82 Å². The van der Waals surface area contributed by atoms with Crippen LogP contribution in [0.4, 0.5) is 4.39 Å². The van der Waals surface area contributed by atoms with E-state index in [1.807, 2.05) is 0 Å². The van der Waals surface area contributed by atoms with Crippen molar-refractivity contribution in [3.05, 3.63) is 36.0 Å². The molecule has 1 heterocycles. The van der Waals surface area contributed by atoms with Gasteiger partial charge in [0.25, 0.3) is 0 Å². The molecule has 1 aromatic carbocycles. The molecule has 2 rings (SSSR count). The molecule has 102 valence electrons. The summed E-state index contributed by atoms with van der Waals surface area (Å²) in [6.07, 6.45) is 0. The largest absolute Gasteiger partial charge is 0.419 e. The summed E-state index contributed by atoms with van der Waals surface area (Å²) in [6.45, 7) is 1.46. The Balaban J connectivity index is 2.09. The van der Waals surface area contributed by atoms with Gasteiger partial charge in [0.15, 0.2) is 0 Å². The van der Waals surface area contributed by atoms with Crippen LogP contribution in [-0.2, 0) is 16.6 Å². The number of hydrogen-bond acceptors (Lipinski definition) is 5. The minimum atomic E-state index is -3.31. The maximum absolute atomic E-state index is 12.8. The van der Waals surface area contributed by atoms with E-state index in [1.54, 1.807) is 0 Å². The molecule has 0 spiro atoms. The second-order valence-electron chi connectivity index (χ2n) is 3.73. The Morgan fingerprint density at radius 1 is 1.26 bits per heavy atom. The highest BCUT2D eigenvalue weighted by Crippen LogP contribution is 2.17. The van der Waals surface area contributed by atoms with Gasteiger partial charge in [-0.25, -0.2) is 17.5 Å². The second kappa shape index (κ2) is 5.45. The SMILES string of the molecule is CCS(=O)(=O)NCc1nnc(-c2ccc(F)cc2)o1. The van der Waals surface area contributed by atoms with E-state index in [1.165, 1.54) is 31.2 Å². The van der Waals surface area contributed by atoms with Crippen LogP contribution >= 0.6 is 0 Å². The first-order chi connectivity index (χ1) is 9.00. The third kappa shape index (κ3) is 3.58. The second-order valence-corrected chi connectivity index (χ2v) is 5.83. The molecule has 0 fully saturated rings. The molecule has 0 atom stereocenters. The van der Waals surface area contributed by atoms with Crippen LogP contribution in [0.15, 0.2) is 28.7 Å². The summed E-state index contributed by atoms with van der Waals surface area (Å²) in [6, 6.07) is 5.56. The van der Waals surface area contributed by atoms with Crippen LogP contribution in [0.1, 0.15) is 12.8 Å². The van der Waals surface area contributed by atoms with Gasteiger partial charge >= 0.3 is 0 Å². The summed E-state index contributed by atoms with van der Waals surface area (Å²) in [5.74, 6) is -0.0207. The summed E-state index contributed by atoms with van der Waals surface area (Å²) in [5, 5.41) is 7.48. The smallest absolute Gasteiger partial charge is 0.247 e. The molecule has 8 heteroatoms. The fourth-order valence-electron chi connectivity index (χ4n) is 1.31. The molecule has 6 nitrogen and oxygen atoms in total. The molecule has 0 aliphatic heterocycles. The van der Waals surface area contributed by atoms with Crippen LogP contribution in [-0.4, -0.2) is 24.4 Å². The van der Waals surface area contributed by atoms with Crippen molar-refractivity contribution in [1.82, 2.24) is 14.9 Å². The van der Waals surface area contributed by atoms with Gasteiger partial charge in [0.2, 0.25) is 21.8 Å². The van der Waals surface area contributed by atoms with Gasteiger partial charge in [-0.15, -0.1) is 10.2 Å². The first-order valence-electron chi connectivity index (χ1n) is 5.56. The third-order valence-corrected chi connectivity index (χ3v) is 3.73. The van der Waals surface area contributed by atoms with Crippen molar-refractivity contribution in [3.63, 3.8) is 0 Å². The fourth-order valence-corrected chi connectivity index (χ4v) is 1.86. The van der Waals surface area contributed by atoms with Gasteiger partial charge in [0.05, 0.1) is 12.3 Å². The number of halogens is 1. The van der Waals surface area contributed by atoms with Crippen LogP contribution in [0.5, 0.6) is 0 Å². The predicted molar refractivity (Wildman–Crippen MR) is 66.0 cm³/mol. The topological polar surface area (TPSA) is 85.1 Å². The summed E-state index contributed by atoms with van der Waals surface area (Å²) >= 11 is 0. The molecule has 2 aromatic rings. The molecular formula is C11H12FN3O3S. The molecule has 19 heavy (non-hydrogen) atoms. The first-order valence-corrected chi connectivity index (χ1v) is 7.21. The van der Waals surface area contributed by atoms with Crippen molar-refractivity contribution >= 4 is 10.0 Å². The lowest BCUT2D eigenvalue weighted by molar-refractivity contribution is 0.494. The monoisotopic (exact) mass is 285 g/mol. The Morgan fingerprint density at radius 2 is 1.95 bits per heavy atom. The van der Waals surface area contributed by atoms with Gasteiger partial charge in [-0.2, -0.15) is 0 Å². The fraction of sp³-hybridized carbons (Fsp3) is 0.273. The summed E-state index contributed by atoms with van der Waals surface area (Å²) < 4.78 is 42.8. The summed E-state index contributed by atoms with van der Waals surface area (Å²) in [7, 11) is -3.31. The molecule has 0 bridgehead atoms. The predicted octanol–water partition coefficient (Wildman–Crippen LogP) is 1.31. The van der Waals surface area contributed by atoms with Crippen molar-refractivity contribution in [2.45, 2.75) is 13.5 Å². The van der Waals surface area contributed by atoms with Crippen molar-refractivity contribution < 1.29 is 17.2 Å². The van der Waals surface area contributed by atoms with Crippen molar-refractivity contribution in [1.29, 1.82) is 0 Å². The van der Waals surface area contributed by atoms with E-state index in [-0.39, 0.29) is 29.9 Å². The molecule has 1 aromatic heterocycles. The standard InChI is InChI=1S/C11H12FN3O3S/c1-2-19(16,17)13-7-10-14-15-11(18-10)8-3-5-9(12)6-4-8/h3-6,13H,2,7H2,1H3. The van der Waals surface area contributed by atoms with Crippen molar-refractivity contribution in [2.75, 3.05) is 5.75 Å². The zero-order valence-electron chi connectivity index (χ0n) is 10.1. The van der Waals surface area contributed by atoms with E-state index >= 15 is 0 Å². The number of rotatable bonds is 5. The Morgan fingerprint density at radius 3 is 2.58 bits per heavy atom. The molecule has 0 unspecified atom stereocenters. The summed E-state index contributed by atoms with van der Waals surface area (Å²) in [4.78, 5) is 0. The lowest BCUT2D eigenvalue weighted by atomic mass is 10.2. The molecular weight excluding hydrogens is 273 g/mol. The highest BCUT2D eigenvalue weighted by Gasteiger charge is 2.11. The number of nitrogens with zero attached hydrogens (tertiary/aromatic N) is 2. The zero-order chi connectivity index (χ0) is 13.9. The molecule has 0 aliphatic rings. The molecule has 0 radical (unpaired) electrons. The molecule has 1 N–H and O–H groups in total. The Kier molecular flexibility index (Phi) is 3.91. The van der Waals surface area contributed by atoms with Gasteiger partial charge in [0, 0.05) is 5.56 Å². The van der Waals surface area contributed by atoms with E-state index in [9.17, 15) is 12.8 Å². The maximum atomic E-state index is 12.8. The van der Waals surface area contributed by atoms with Gasteiger partial charge in [-0.1, -0.05) is 0 Å². The maximum Gasteiger partial charge on any atom is 0.247 e. The van der Waals surface area contributed by atoms with Crippen molar-refractivity contribution in [3.8, 4) is 11.5 Å². The van der Waals surface area contributed by atoms with E-state index in [2.05, 4.69) is 14.9 Å². The average Bonchev–Trinajstić information content (AvgIpc) is 2.86. The number of hydrogen-bond donors (Lipinski definition) is 1. The number of aromatic nitrogens is 2. The number of sulfonamides is 1. The summed E-state index contributed by atoms with van der Waals surface area (Å²) in [5.41, 5.74) is 0.568. The highest BCUT2D eigenvalue weighted by molar-refractivity contribution is 7.89. The minimum absolute atomic E-state index is 0.0219. The average molecular weight is 285 g/mol. The van der Waals surface area contributed by atoms with Gasteiger partial charge in [0.1, 0.15) is 5.82 Å². The lowest BCUT2D eigenvalue weighted by Crippen LogP contribution is -2.24. The highest BCUT2D eigenvalue weighted by atomic mass is 32.2. The molecule has 0 saturated carbocycles. The minimum Gasteiger partial charge on any atom is -0.419 e. The van der Waals surface area contributed by atoms with Crippen molar-refractivity contribution in [2.24, 2.45) is 0 Å². The van der Waals surface area contributed by atoms with Crippen LogP contribution in [0.2, 0.25) is 0 Å². The zero-order valence-corrected chi connectivity index (χ0v) is 10.9. The van der Waals surface area contributed by atoms with Crippen LogP contribution in [0.25, 0.3) is 11.5 Å². The molecule has 0 amide bonds. The molecule has 0 aliphatic carbocycles. The first kappa shape index (κ1) is 13.6. The molecule has 0 saturated heterocycles. The Labute approximate surface area is 109 Å². The Hall–Kier alpha value is -1.80. The number of benzene rings is 1. The van der Waals surface area contributed by atoms with Gasteiger partial charge in [-0.05, 0) is 31.2 Å². The Bertz CT molecular complexity index is 652. The van der Waals surface area contributed by atoms with E-state index < -0.39 is 10.0 Å². The quantitative estimate of drug-likeness (QED) is 0.895. The van der Waals surface area contributed by atoms with E-state index in [0.717, 1.165) is 0 Å². The lowest BCUT2D eigenvalue weighted by Gasteiger charge is -1.99. The normalized spacial score (nSPS) is 11.7. The van der Waals surface area contributed by atoms with Crippen LogP contribution < -0.4 is 4.72 Å². The number of nitrogens with one attached hydrogen (secondary N) is 1. The van der Waals surface area contributed by atoms with Gasteiger partial charge < -0.3 is 4.42 Å². The third-order valence-electron chi connectivity index (χ3n) is 2.38. The van der Waals surface area contributed by atoms with Gasteiger partial charge in [-0.3, -0.25) is 0 Å². The van der Waals surface area contributed by atoms with E-state index in [0.29, 0.717) is 5.56 Å². The van der Waals surface area contributed by atoms with Crippen LogP contribution in [0.3, 0.4) is 0 Å². The van der Waals surface area contributed by atoms with E-state index in [4.69, 9.17) is 4.42 Å².